The van der Waals surface area contributed by atoms with E-state index in [1.807, 2.05) is 6.92 Å². The molecule has 0 fully saturated rings. The molecule has 21 heavy (non-hydrogen) atoms. The smallest absolute Gasteiger partial charge is 0.366 e. The molecule has 0 saturated carbocycles. The third-order valence-electron chi connectivity index (χ3n) is 2.52. The van der Waals surface area contributed by atoms with Gasteiger partial charge in [0.15, 0.2) is 4.34 Å². The minimum Gasteiger partial charge on any atom is -0.366 e. The zero-order valence-corrected chi connectivity index (χ0v) is 12.4. The molecule has 2 aromatic rings. The highest BCUT2D eigenvalue weighted by molar-refractivity contribution is 8.01. The second-order valence-corrected chi connectivity index (χ2v) is 6.38. The largest absolute Gasteiger partial charge is 0.417 e. The van der Waals surface area contributed by atoms with Crippen LogP contribution in [0.4, 0.5) is 13.2 Å². The zero-order valence-electron chi connectivity index (χ0n) is 10.8. The molecule has 9 heteroatoms. The Balaban J connectivity index is 2.62. The van der Waals surface area contributed by atoms with Crippen LogP contribution in [-0.4, -0.2) is 21.9 Å². The molecular weight excluding hydrogens is 323 g/mol. The van der Waals surface area contributed by atoms with Gasteiger partial charge in [-0.25, -0.2) is 0 Å². The summed E-state index contributed by atoms with van der Waals surface area (Å²) in [5.41, 5.74) is 3.22. The molecule has 1 amide bonds. The van der Waals surface area contributed by atoms with E-state index in [0.29, 0.717) is 4.34 Å². The van der Waals surface area contributed by atoms with Crippen molar-refractivity contribution >= 4 is 29.0 Å². The molecule has 2 rings (SSSR count). The maximum absolute atomic E-state index is 13.3. The second kappa shape index (κ2) is 6.02. The van der Waals surface area contributed by atoms with E-state index in [-0.39, 0.29) is 10.6 Å². The molecule has 0 saturated heterocycles. The van der Waals surface area contributed by atoms with E-state index < -0.39 is 23.2 Å². The number of rotatable bonds is 4. The van der Waals surface area contributed by atoms with E-state index in [2.05, 4.69) is 10.2 Å². The molecule has 2 N–H and O–H groups in total. The van der Waals surface area contributed by atoms with Gasteiger partial charge in [-0.1, -0.05) is 42.2 Å². The van der Waals surface area contributed by atoms with Gasteiger partial charge in [0, 0.05) is 5.56 Å². The van der Waals surface area contributed by atoms with E-state index in [9.17, 15) is 18.0 Å². The summed E-state index contributed by atoms with van der Waals surface area (Å²) in [6, 6.07) is 3.66. The predicted molar refractivity (Wildman–Crippen MR) is 75.3 cm³/mol. The van der Waals surface area contributed by atoms with Crippen LogP contribution >= 0.6 is 23.1 Å². The van der Waals surface area contributed by atoms with Crippen LogP contribution in [0.5, 0.6) is 0 Å². The summed E-state index contributed by atoms with van der Waals surface area (Å²) >= 11 is 2.44. The quantitative estimate of drug-likeness (QED) is 0.870. The fraction of sp³-hybridized carbons (Fsp3) is 0.250. The van der Waals surface area contributed by atoms with E-state index in [1.54, 1.807) is 0 Å². The van der Waals surface area contributed by atoms with Gasteiger partial charge in [0.1, 0.15) is 5.01 Å². The average Bonchev–Trinajstić information content (AvgIpc) is 2.85. The zero-order chi connectivity index (χ0) is 15.6. The summed E-state index contributed by atoms with van der Waals surface area (Å²) in [5, 5.41) is 7.72. The SMILES string of the molecule is CCSc1nnc(-c2cccc(C(N)=O)c2C(F)(F)F)s1. The van der Waals surface area contributed by atoms with Gasteiger partial charge in [0.05, 0.1) is 11.1 Å². The maximum atomic E-state index is 13.3. The minimum atomic E-state index is -4.70. The van der Waals surface area contributed by atoms with Gasteiger partial charge >= 0.3 is 6.18 Å². The van der Waals surface area contributed by atoms with Crippen LogP contribution in [0.15, 0.2) is 22.5 Å². The Labute approximate surface area is 126 Å². The summed E-state index contributed by atoms with van der Waals surface area (Å²) in [7, 11) is 0. The van der Waals surface area contributed by atoms with Crippen LogP contribution in [0, 0.1) is 0 Å². The lowest BCUT2D eigenvalue weighted by Crippen LogP contribution is -2.19. The molecule has 1 heterocycles. The molecule has 0 radical (unpaired) electrons. The number of benzene rings is 1. The first-order valence-electron chi connectivity index (χ1n) is 5.81. The first kappa shape index (κ1) is 15.8. The maximum Gasteiger partial charge on any atom is 0.417 e. The summed E-state index contributed by atoms with van der Waals surface area (Å²) in [4.78, 5) is 11.2. The summed E-state index contributed by atoms with van der Waals surface area (Å²) in [6.45, 7) is 1.90. The Morgan fingerprint density at radius 1 is 1.38 bits per heavy atom. The Hall–Kier alpha value is -1.61. The molecule has 0 aliphatic heterocycles. The van der Waals surface area contributed by atoms with Crippen LogP contribution < -0.4 is 5.73 Å². The van der Waals surface area contributed by atoms with Crippen molar-refractivity contribution in [2.45, 2.75) is 17.4 Å². The van der Waals surface area contributed by atoms with Crippen molar-refractivity contribution in [2.24, 2.45) is 5.73 Å². The lowest BCUT2D eigenvalue weighted by Gasteiger charge is -2.14. The Morgan fingerprint density at radius 2 is 2.10 bits per heavy atom. The molecule has 1 aromatic carbocycles. The fourth-order valence-corrected chi connectivity index (χ4v) is 3.52. The molecule has 0 unspecified atom stereocenters. The number of carbonyl (C=O) groups excluding carboxylic acids is 1. The van der Waals surface area contributed by atoms with Gasteiger partial charge in [-0.2, -0.15) is 13.2 Å². The van der Waals surface area contributed by atoms with E-state index in [1.165, 1.54) is 23.9 Å². The predicted octanol–water partition coefficient (Wildman–Crippen LogP) is 3.43. The average molecular weight is 333 g/mol. The van der Waals surface area contributed by atoms with Crippen molar-refractivity contribution in [3.05, 3.63) is 29.3 Å². The van der Waals surface area contributed by atoms with Gasteiger partial charge < -0.3 is 5.73 Å². The van der Waals surface area contributed by atoms with Crippen molar-refractivity contribution in [2.75, 3.05) is 5.75 Å². The first-order chi connectivity index (χ1) is 9.84. The number of nitrogens with two attached hydrogens (primary N) is 1. The number of primary amides is 1. The van der Waals surface area contributed by atoms with Crippen LogP contribution in [-0.2, 0) is 6.18 Å². The lowest BCUT2D eigenvalue weighted by molar-refractivity contribution is -0.137. The number of carbonyl (C=O) groups is 1. The fourth-order valence-electron chi connectivity index (χ4n) is 1.74. The number of thioether (sulfide) groups is 1. The molecule has 112 valence electrons. The van der Waals surface area contributed by atoms with E-state index >= 15 is 0 Å². The lowest BCUT2D eigenvalue weighted by atomic mass is 10.0. The van der Waals surface area contributed by atoms with E-state index in [4.69, 9.17) is 5.73 Å². The third-order valence-corrected chi connectivity index (χ3v) is 4.49. The third kappa shape index (κ3) is 3.35. The normalized spacial score (nSPS) is 11.6. The van der Waals surface area contributed by atoms with Crippen LogP contribution in [0.2, 0.25) is 0 Å². The molecule has 1 aromatic heterocycles. The molecule has 0 aliphatic carbocycles. The first-order valence-corrected chi connectivity index (χ1v) is 7.61. The summed E-state index contributed by atoms with van der Waals surface area (Å²) in [6.07, 6.45) is -4.70. The van der Waals surface area contributed by atoms with Gasteiger partial charge in [-0.05, 0) is 11.8 Å². The topological polar surface area (TPSA) is 68.9 Å². The summed E-state index contributed by atoms with van der Waals surface area (Å²) in [5.74, 6) is -0.390. The molecular formula is C12H10F3N3OS2. The highest BCUT2D eigenvalue weighted by atomic mass is 32.2. The number of hydrogen-bond donors (Lipinski definition) is 1. The summed E-state index contributed by atoms with van der Waals surface area (Å²) < 4.78 is 40.3. The Morgan fingerprint density at radius 3 is 2.67 bits per heavy atom. The van der Waals surface area contributed by atoms with Gasteiger partial charge in [0.25, 0.3) is 0 Å². The molecule has 0 aliphatic rings. The van der Waals surface area contributed by atoms with Crippen LogP contribution in [0.3, 0.4) is 0 Å². The molecule has 4 nitrogen and oxygen atoms in total. The standard InChI is InChI=1S/C12H10F3N3OS2/c1-2-20-11-18-17-10(21-11)7-5-3-4-6(9(16)19)8(7)12(13,14)15/h3-5H,2H2,1H3,(H2,16,19). The number of nitrogens with zero attached hydrogens (tertiary/aromatic N) is 2. The molecule has 0 spiro atoms. The molecule has 0 atom stereocenters. The highest BCUT2D eigenvalue weighted by Gasteiger charge is 2.38. The number of alkyl halides is 3. The number of aromatic nitrogens is 2. The Bertz CT molecular complexity index is 670. The molecule has 0 bridgehead atoms. The number of halogens is 3. The van der Waals surface area contributed by atoms with Crippen LogP contribution in [0.25, 0.3) is 10.6 Å². The van der Waals surface area contributed by atoms with Gasteiger partial charge in [-0.3, -0.25) is 4.79 Å². The highest BCUT2D eigenvalue weighted by Crippen LogP contribution is 2.41. The second-order valence-electron chi connectivity index (χ2n) is 3.90. The van der Waals surface area contributed by atoms with Crippen LogP contribution in [0.1, 0.15) is 22.8 Å². The van der Waals surface area contributed by atoms with Crippen molar-refractivity contribution in [1.29, 1.82) is 0 Å². The van der Waals surface area contributed by atoms with Crippen molar-refractivity contribution in [3.8, 4) is 10.6 Å². The van der Waals surface area contributed by atoms with Crippen molar-refractivity contribution in [3.63, 3.8) is 0 Å². The van der Waals surface area contributed by atoms with Crippen molar-refractivity contribution < 1.29 is 18.0 Å². The van der Waals surface area contributed by atoms with Crippen molar-refractivity contribution in [1.82, 2.24) is 10.2 Å². The Kier molecular flexibility index (Phi) is 4.52. The van der Waals surface area contributed by atoms with E-state index in [0.717, 1.165) is 23.2 Å². The van der Waals surface area contributed by atoms with Gasteiger partial charge in [0.2, 0.25) is 5.91 Å². The monoisotopic (exact) mass is 333 g/mol. The number of amides is 1. The van der Waals surface area contributed by atoms with Gasteiger partial charge in [-0.15, -0.1) is 10.2 Å². The number of hydrogen-bond acceptors (Lipinski definition) is 5. The minimum absolute atomic E-state index is 0.112.